The number of aromatic nitrogens is 1. The lowest BCUT2D eigenvalue weighted by atomic mass is 9.79. The van der Waals surface area contributed by atoms with E-state index in [1.54, 1.807) is 18.2 Å². The normalized spacial score (nSPS) is 18.5. The van der Waals surface area contributed by atoms with Crippen molar-refractivity contribution < 1.29 is 9.53 Å². The number of carbonyl (C=O) groups excluding carboxylic acids is 1. The van der Waals surface area contributed by atoms with Crippen molar-refractivity contribution in [3.8, 4) is 16.9 Å². The molecule has 1 aliphatic heterocycles. The number of hydrogen-bond donors (Lipinski definition) is 0. The molecule has 166 valence electrons. The van der Waals surface area contributed by atoms with Crippen molar-refractivity contribution in [1.82, 2.24) is 14.8 Å². The van der Waals surface area contributed by atoms with E-state index in [1.807, 2.05) is 38.5 Å². The van der Waals surface area contributed by atoms with E-state index in [0.717, 1.165) is 49.4 Å². The van der Waals surface area contributed by atoms with E-state index in [-0.39, 0.29) is 5.91 Å². The molecule has 1 atom stereocenters. The molecule has 4 rings (SSSR count). The van der Waals surface area contributed by atoms with Crippen LogP contribution in [0, 0.1) is 5.41 Å². The Labute approximate surface area is 190 Å². The predicted octanol–water partition coefficient (Wildman–Crippen LogP) is 4.28. The van der Waals surface area contributed by atoms with Crippen molar-refractivity contribution in [2.45, 2.75) is 19.4 Å². The molecule has 0 unspecified atom stereocenters. The van der Waals surface area contributed by atoms with Gasteiger partial charge in [-0.25, -0.2) is 0 Å². The largest absolute Gasteiger partial charge is 0.497 e. The zero-order valence-corrected chi connectivity index (χ0v) is 19.1. The molecule has 1 aliphatic rings. The van der Waals surface area contributed by atoms with Gasteiger partial charge >= 0.3 is 0 Å². The standard InChI is InChI=1S/C27H31N3O2/c1-29(2)26(31)27(13-15-30(20-27)19-22-6-4-8-25(16-22)32-3)17-21-9-11-23(12-10-21)24-7-5-14-28-18-24/h4-12,14,16,18H,13,15,17,19-20H2,1-3H3/t27-/m0/s1. The van der Waals surface area contributed by atoms with E-state index in [9.17, 15) is 4.79 Å². The number of benzene rings is 2. The number of rotatable bonds is 7. The van der Waals surface area contributed by atoms with Crippen LogP contribution in [0.5, 0.6) is 5.75 Å². The summed E-state index contributed by atoms with van der Waals surface area (Å²) < 4.78 is 5.37. The Hall–Kier alpha value is -3.18. The van der Waals surface area contributed by atoms with Gasteiger partial charge in [0.05, 0.1) is 12.5 Å². The fourth-order valence-corrected chi connectivity index (χ4v) is 4.73. The maximum atomic E-state index is 13.3. The maximum Gasteiger partial charge on any atom is 0.229 e. The summed E-state index contributed by atoms with van der Waals surface area (Å²) in [7, 11) is 5.41. The second kappa shape index (κ2) is 9.53. The molecular weight excluding hydrogens is 398 g/mol. The predicted molar refractivity (Wildman–Crippen MR) is 127 cm³/mol. The molecule has 0 aliphatic carbocycles. The van der Waals surface area contributed by atoms with Crippen molar-refractivity contribution in [3.05, 3.63) is 84.2 Å². The first-order chi connectivity index (χ1) is 15.5. The van der Waals surface area contributed by atoms with Crippen LogP contribution in [0.3, 0.4) is 0 Å². The van der Waals surface area contributed by atoms with Gasteiger partial charge < -0.3 is 9.64 Å². The van der Waals surface area contributed by atoms with Crippen molar-refractivity contribution in [2.75, 3.05) is 34.3 Å². The number of ether oxygens (including phenoxy) is 1. The van der Waals surface area contributed by atoms with E-state index in [2.05, 4.69) is 52.3 Å². The molecule has 1 amide bonds. The molecule has 5 nitrogen and oxygen atoms in total. The minimum atomic E-state index is -0.405. The van der Waals surface area contributed by atoms with Crippen LogP contribution in [0.1, 0.15) is 17.5 Å². The number of nitrogens with zero attached hydrogens (tertiary/aromatic N) is 3. The molecule has 2 heterocycles. The van der Waals surface area contributed by atoms with Crippen LogP contribution in [-0.2, 0) is 17.8 Å². The maximum absolute atomic E-state index is 13.3. The van der Waals surface area contributed by atoms with Gasteiger partial charge in [0.15, 0.2) is 0 Å². The van der Waals surface area contributed by atoms with E-state index in [0.29, 0.717) is 0 Å². The summed E-state index contributed by atoms with van der Waals surface area (Å²) in [6, 6.07) is 20.7. The molecule has 0 spiro atoms. The Balaban J connectivity index is 1.52. The van der Waals surface area contributed by atoms with Crippen LogP contribution in [0.2, 0.25) is 0 Å². The second-order valence-electron chi connectivity index (χ2n) is 8.91. The molecule has 3 aromatic rings. The minimum Gasteiger partial charge on any atom is -0.497 e. The Morgan fingerprint density at radius 3 is 2.56 bits per heavy atom. The molecule has 0 radical (unpaired) electrons. The van der Waals surface area contributed by atoms with Crippen LogP contribution in [0.15, 0.2) is 73.1 Å². The smallest absolute Gasteiger partial charge is 0.229 e. The lowest BCUT2D eigenvalue weighted by Crippen LogP contribution is -2.43. The number of pyridine rings is 1. The van der Waals surface area contributed by atoms with Crippen molar-refractivity contribution in [3.63, 3.8) is 0 Å². The molecule has 1 aromatic heterocycles. The Morgan fingerprint density at radius 2 is 1.88 bits per heavy atom. The fourth-order valence-electron chi connectivity index (χ4n) is 4.73. The van der Waals surface area contributed by atoms with Gasteiger partial charge in [-0.1, -0.05) is 42.5 Å². The van der Waals surface area contributed by atoms with Gasteiger partial charge in [0.2, 0.25) is 5.91 Å². The number of methoxy groups -OCH3 is 1. The van der Waals surface area contributed by atoms with Gasteiger partial charge in [0, 0.05) is 39.6 Å². The Morgan fingerprint density at radius 1 is 1.06 bits per heavy atom. The van der Waals surface area contributed by atoms with Crippen LogP contribution in [0.4, 0.5) is 0 Å². The van der Waals surface area contributed by atoms with Crippen molar-refractivity contribution in [1.29, 1.82) is 0 Å². The first-order valence-electron chi connectivity index (χ1n) is 11.1. The van der Waals surface area contributed by atoms with Crippen molar-refractivity contribution >= 4 is 5.91 Å². The van der Waals surface area contributed by atoms with Gasteiger partial charge in [-0.05, 0) is 59.8 Å². The van der Waals surface area contributed by atoms with Crippen LogP contribution in [0.25, 0.3) is 11.1 Å². The van der Waals surface area contributed by atoms with E-state index in [4.69, 9.17) is 4.74 Å². The fraction of sp³-hybridized carbons (Fsp3) is 0.333. The van der Waals surface area contributed by atoms with Crippen LogP contribution < -0.4 is 4.74 Å². The molecule has 0 saturated carbocycles. The monoisotopic (exact) mass is 429 g/mol. The molecule has 2 aromatic carbocycles. The van der Waals surface area contributed by atoms with E-state index >= 15 is 0 Å². The molecule has 32 heavy (non-hydrogen) atoms. The zero-order chi connectivity index (χ0) is 22.6. The summed E-state index contributed by atoms with van der Waals surface area (Å²) in [5.41, 5.74) is 4.23. The van der Waals surface area contributed by atoms with Crippen LogP contribution >= 0.6 is 0 Å². The third-order valence-corrected chi connectivity index (χ3v) is 6.32. The highest BCUT2D eigenvalue weighted by atomic mass is 16.5. The highest BCUT2D eigenvalue weighted by molar-refractivity contribution is 5.83. The first-order valence-corrected chi connectivity index (χ1v) is 11.1. The van der Waals surface area contributed by atoms with Gasteiger partial charge in [-0.2, -0.15) is 0 Å². The van der Waals surface area contributed by atoms with Gasteiger partial charge in [-0.3, -0.25) is 14.7 Å². The van der Waals surface area contributed by atoms with E-state index < -0.39 is 5.41 Å². The lowest BCUT2D eigenvalue weighted by Gasteiger charge is -2.31. The number of carbonyl (C=O) groups is 1. The highest BCUT2D eigenvalue weighted by Gasteiger charge is 2.45. The minimum absolute atomic E-state index is 0.210. The number of amides is 1. The summed E-state index contributed by atoms with van der Waals surface area (Å²) in [5.74, 6) is 1.08. The zero-order valence-electron chi connectivity index (χ0n) is 19.1. The molecule has 1 saturated heterocycles. The Bertz CT molecular complexity index is 1050. The van der Waals surface area contributed by atoms with E-state index in [1.165, 1.54) is 11.1 Å². The third-order valence-electron chi connectivity index (χ3n) is 6.32. The molecule has 0 bridgehead atoms. The molecule has 1 fully saturated rings. The van der Waals surface area contributed by atoms with Gasteiger partial charge in [-0.15, -0.1) is 0 Å². The summed E-state index contributed by atoms with van der Waals surface area (Å²) in [4.78, 5) is 21.7. The van der Waals surface area contributed by atoms with Crippen molar-refractivity contribution in [2.24, 2.45) is 5.41 Å². The van der Waals surface area contributed by atoms with Gasteiger partial charge in [0.1, 0.15) is 5.75 Å². The van der Waals surface area contributed by atoms with Gasteiger partial charge in [0.25, 0.3) is 0 Å². The SMILES string of the molecule is COc1cccc(CN2CC[C@@](Cc3ccc(-c4cccnc4)cc3)(C(=O)N(C)C)C2)c1. The first kappa shape index (κ1) is 22.0. The topological polar surface area (TPSA) is 45.7 Å². The Kier molecular flexibility index (Phi) is 6.56. The third kappa shape index (κ3) is 4.83. The van der Waals surface area contributed by atoms with Crippen LogP contribution in [-0.4, -0.2) is 55.0 Å². The summed E-state index contributed by atoms with van der Waals surface area (Å²) in [5, 5.41) is 0. The average molecular weight is 430 g/mol. The molecular formula is C27H31N3O2. The second-order valence-corrected chi connectivity index (χ2v) is 8.91. The summed E-state index contributed by atoms with van der Waals surface area (Å²) >= 11 is 0. The quantitative estimate of drug-likeness (QED) is 0.562. The number of hydrogen-bond acceptors (Lipinski definition) is 4. The number of likely N-dealkylation sites (tertiary alicyclic amines) is 1. The summed E-state index contributed by atoms with van der Waals surface area (Å²) in [6.45, 7) is 2.48. The molecule has 5 heteroatoms. The average Bonchev–Trinajstić information content (AvgIpc) is 3.23. The highest BCUT2D eigenvalue weighted by Crippen LogP contribution is 2.37. The lowest BCUT2D eigenvalue weighted by molar-refractivity contribution is -0.138. The molecule has 0 N–H and O–H groups in total. The summed E-state index contributed by atoms with van der Waals surface area (Å²) in [6.07, 6.45) is 5.26.